The smallest absolute Gasteiger partial charge is 0.127 e. The molecule has 0 saturated carbocycles. The van der Waals surface area contributed by atoms with E-state index in [4.69, 9.17) is 9.47 Å². The van der Waals surface area contributed by atoms with Crippen LogP contribution in [0.1, 0.15) is 30.0 Å². The van der Waals surface area contributed by atoms with Crippen molar-refractivity contribution in [3.63, 3.8) is 0 Å². The Kier molecular flexibility index (Phi) is 11.1. The molecule has 0 bridgehead atoms. The van der Waals surface area contributed by atoms with E-state index in [2.05, 4.69) is 35.9 Å². The number of hydrogen-bond donors (Lipinski definition) is 1. The van der Waals surface area contributed by atoms with Crippen molar-refractivity contribution in [3.8, 4) is 11.5 Å². The van der Waals surface area contributed by atoms with E-state index >= 15 is 0 Å². The molecule has 0 amide bonds. The van der Waals surface area contributed by atoms with Gasteiger partial charge in [-0.25, -0.2) is 0 Å². The van der Waals surface area contributed by atoms with Crippen LogP contribution in [0.15, 0.2) is 24.8 Å². The minimum absolute atomic E-state index is 0. The average molecular weight is 377 g/mol. The highest BCUT2D eigenvalue weighted by atomic mass is 35.5. The zero-order valence-electron chi connectivity index (χ0n) is 14.8. The summed E-state index contributed by atoms with van der Waals surface area (Å²) in [6.45, 7) is 10.1. The van der Waals surface area contributed by atoms with E-state index in [0.717, 1.165) is 56.1 Å². The Morgan fingerprint density at radius 2 is 1.71 bits per heavy atom. The van der Waals surface area contributed by atoms with E-state index in [0.29, 0.717) is 6.04 Å². The van der Waals surface area contributed by atoms with E-state index in [1.54, 1.807) is 14.2 Å². The van der Waals surface area contributed by atoms with Crippen molar-refractivity contribution in [3.05, 3.63) is 35.9 Å². The second-order valence-corrected chi connectivity index (χ2v) is 5.75. The van der Waals surface area contributed by atoms with Gasteiger partial charge in [0.2, 0.25) is 0 Å². The summed E-state index contributed by atoms with van der Waals surface area (Å²) in [4.78, 5) is 2.52. The van der Waals surface area contributed by atoms with Crippen LogP contribution in [0.25, 0.3) is 0 Å². The molecule has 1 aromatic rings. The molecular formula is C18H30Cl2N2O2. The van der Waals surface area contributed by atoms with Gasteiger partial charge in [0, 0.05) is 32.2 Å². The molecule has 0 spiro atoms. The molecule has 0 unspecified atom stereocenters. The standard InChI is InChI=1S/C18H28N2O2.2ClH/c1-5-6-7-15(20-10-8-19-9-11-20)18-16(21-3)12-14(2)13-17(18)22-4;;/h5,12-13,15,19H,1,6-11H2,2-4H3;2*1H/t15-;;/m0../s1. The van der Waals surface area contributed by atoms with Crippen LogP contribution in [-0.4, -0.2) is 45.3 Å². The summed E-state index contributed by atoms with van der Waals surface area (Å²) in [6, 6.07) is 4.49. The number of piperazine rings is 1. The molecule has 1 saturated heterocycles. The highest BCUT2D eigenvalue weighted by Crippen LogP contribution is 2.40. The van der Waals surface area contributed by atoms with Crippen molar-refractivity contribution in [2.24, 2.45) is 0 Å². The average Bonchev–Trinajstić information content (AvgIpc) is 2.56. The molecule has 0 aromatic heterocycles. The molecule has 1 fully saturated rings. The molecule has 1 aromatic carbocycles. The highest BCUT2D eigenvalue weighted by molar-refractivity contribution is 5.85. The maximum atomic E-state index is 5.67. The zero-order valence-corrected chi connectivity index (χ0v) is 16.5. The summed E-state index contributed by atoms with van der Waals surface area (Å²) >= 11 is 0. The van der Waals surface area contributed by atoms with Crippen LogP contribution in [0.5, 0.6) is 11.5 Å². The maximum absolute atomic E-state index is 5.67. The Hall–Kier alpha value is -0.940. The first kappa shape index (κ1) is 23.1. The van der Waals surface area contributed by atoms with Gasteiger partial charge in [0.25, 0.3) is 0 Å². The molecule has 2 rings (SSSR count). The molecule has 4 nitrogen and oxygen atoms in total. The molecule has 1 atom stereocenters. The molecule has 138 valence electrons. The Labute approximate surface area is 158 Å². The van der Waals surface area contributed by atoms with E-state index in [-0.39, 0.29) is 24.8 Å². The van der Waals surface area contributed by atoms with Crippen molar-refractivity contribution < 1.29 is 9.47 Å². The monoisotopic (exact) mass is 376 g/mol. The van der Waals surface area contributed by atoms with Gasteiger partial charge in [0.15, 0.2) is 0 Å². The van der Waals surface area contributed by atoms with Crippen LogP contribution in [-0.2, 0) is 0 Å². The number of halogens is 2. The van der Waals surface area contributed by atoms with Crippen molar-refractivity contribution in [1.29, 1.82) is 0 Å². The first-order valence-corrected chi connectivity index (χ1v) is 7.99. The second-order valence-electron chi connectivity index (χ2n) is 5.75. The zero-order chi connectivity index (χ0) is 15.9. The fraction of sp³-hybridized carbons (Fsp3) is 0.556. The Morgan fingerprint density at radius 3 is 2.17 bits per heavy atom. The number of benzene rings is 1. The third-order valence-corrected chi connectivity index (χ3v) is 4.26. The number of methoxy groups -OCH3 is 2. The third-order valence-electron chi connectivity index (χ3n) is 4.26. The lowest BCUT2D eigenvalue weighted by atomic mass is 9.96. The van der Waals surface area contributed by atoms with E-state index in [1.807, 2.05) is 6.08 Å². The van der Waals surface area contributed by atoms with Gasteiger partial charge in [-0.1, -0.05) is 6.08 Å². The van der Waals surface area contributed by atoms with Crippen LogP contribution in [0, 0.1) is 6.92 Å². The number of nitrogens with one attached hydrogen (secondary N) is 1. The Bertz CT molecular complexity index is 481. The molecule has 1 aliphatic heterocycles. The number of aryl methyl sites for hydroxylation is 1. The minimum atomic E-state index is 0. The van der Waals surface area contributed by atoms with Crippen LogP contribution in [0.2, 0.25) is 0 Å². The van der Waals surface area contributed by atoms with Crippen molar-refractivity contribution >= 4 is 24.8 Å². The fourth-order valence-electron chi connectivity index (χ4n) is 3.18. The predicted octanol–water partition coefficient (Wildman–Crippen LogP) is 3.77. The number of hydrogen-bond acceptors (Lipinski definition) is 4. The van der Waals surface area contributed by atoms with Crippen LogP contribution < -0.4 is 14.8 Å². The SMILES string of the molecule is C=CCC[C@@H](c1c(OC)cc(C)cc1OC)N1CCNCC1.Cl.Cl. The topological polar surface area (TPSA) is 33.7 Å². The molecule has 1 N–H and O–H groups in total. The van der Waals surface area contributed by atoms with Gasteiger partial charge in [-0.15, -0.1) is 31.4 Å². The first-order valence-electron chi connectivity index (χ1n) is 7.99. The lowest BCUT2D eigenvalue weighted by Crippen LogP contribution is -2.45. The highest BCUT2D eigenvalue weighted by Gasteiger charge is 2.27. The Balaban J connectivity index is 0.00000264. The molecule has 1 heterocycles. The number of nitrogens with zero attached hydrogens (tertiary/aromatic N) is 1. The van der Waals surface area contributed by atoms with Crippen LogP contribution in [0.3, 0.4) is 0 Å². The molecule has 24 heavy (non-hydrogen) atoms. The van der Waals surface area contributed by atoms with Crippen LogP contribution in [0.4, 0.5) is 0 Å². The van der Waals surface area contributed by atoms with Gasteiger partial charge in [0.05, 0.1) is 19.8 Å². The minimum Gasteiger partial charge on any atom is -0.496 e. The Morgan fingerprint density at radius 1 is 1.17 bits per heavy atom. The fourth-order valence-corrected chi connectivity index (χ4v) is 3.18. The molecular weight excluding hydrogens is 347 g/mol. The van der Waals surface area contributed by atoms with Crippen molar-refractivity contribution in [2.75, 3.05) is 40.4 Å². The molecule has 1 aliphatic rings. The molecule has 6 heteroatoms. The van der Waals surface area contributed by atoms with Gasteiger partial charge in [-0.05, 0) is 37.5 Å². The lowest BCUT2D eigenvalue weighted by Gasteiger charge is -2.36. The quantitative estimate of drug-likeness (QED) is 0.734. The first-order chi connectivity index (χ1) is 10.7. The summed E-state index contributed by atoms with van der Waals surface area (Å²) in [5, 5.41) is 3.42. The summed E-state index contributed by atoms with van der Waals surface area (Å²) < 4.78 is 11.3. The number of rotatable bonds is 7. The third kappa shape index (κ3) is 5.55. The second kappa shape index (κ2) is 11.6. The maximum Gasteiger partial charge on any atom is 0.127 e. The van der Waals surface area contributed by atoms with Gasteiger partial charge in [-0.3, -0.25) is 4.90 Å². The predicted molar refractivity (Wildman–Crippen MR) is 105 cm³/mol. The van der Waals surface area contributed by atoms with Gasteiger partial charge < -0.3 is 14.8 Å². The number of ether oxygens (including phenoxy) is 2. The van der Waals surface area contributed by atoms with Gasteiger partial charge in [0.1, 0.15) is 11.5 Å². The van der Waals surface area contributed by atoms with Crippen molar-refractivity contribution in [1.82, 2.24) is 10.2 Å². The van der Waals surface area contributed by atoms with Crippen molar-refractivity contribution in [2.45, 2.75) is 25.8 Å². The van der Waals surface area contributed by atoms with Crippen LogP contribution >= 0.6 is 24.8 Å². The molecule has 0 radical (unpaired) electrons. The summed E-state index contributed by atoms with van der Waals surface area (Å²) in [6.07, 6.45) is 4.00. The summed E-state index contributed by atoms with van der Waals surface area (Å²) in [5.74, 6) is 1.84. The van der Waals surface area contributed by atoms with Gasteiger partial charge in [-0.2, -0.15) is 0 Å². The van der Waals surface area contributed by atoms with Gasteiger partial charge >= 0.3 is 0 Å². The normalized spacial score (nSPS) is 15.6. The molecule has 0 aliphatic carbocycles. The number of allylic oxidation sites excluding steroid dienone is 1. The lowest BCUT2D eigenvalue weighted by molar-refractivity contribution is 0.160. The summed E-state index contributed by atoms with van der Waals surface area (Å²) in [5.41, 5.74) is 2.32. The van der Waals surface area contributed by atoms with E-state index < -0.39 is 0 Å². The van der Waals surface area contributed by atoms with E-state index in [1.165, 1.54) is 5.56 Å². The van der Waals surface area contributed by atoms with E-state index in [9.17, 15) is 0 Å². The largest absolute Gasteiger partial charge is 0.496 e. The summed E-state index contributed by atoms with van der Waals surface area (Å²) in [7, 11) is 3.47.